The van der Waals surface area contributed by atoms with Crippen LogP contribution in [0.2, 0.25) is 0 Å². The lowest BCUT2D eigenvalue weighted by molar-refractivity contribution is 0.628. The molecule has 3 aromatic heterocycles. The van der Waals surface area contributed by atoms with E-state index in [4.69, 9.17) is 0 Å². The van der Waals surface area contributed by atoms with Gasteiger partial charge in [0.05, 0.1) is 10.2 Å². The van der Waals surface area contributed by atoms with Gasteiger partial charge >= 0.3 is 0 Å². The number of aromatic amines is 1. The first-order chi connectivity index (χ1) is 10.8. The molecule has 4 rings (SSSR count). The topological polar surface area (TPSA) is 54.5 Å². The monoisotopic (exact) mass is 328 g/mol. The standard InChI is InChI=1S/C15H9FN4S2/c16-10-3-1-9(2-4-10)12-7-11-13(21-12)14(20-8-19-11)22-15-17-5-6-18-15/h1-8H,(H,17,18). The van der Waals surface area contributed by atoms with E-state index in [0.29, 0.717) is 0 Å². The van der Waals surface area contributed by atoms with Crippen molar-refractivity contribution < 1.29 is 4.39 Å². The first-order valence-electron chi connectivity index (χ1n) is 6.47. The zero-order chi connectivity index (χ0) is 14.9. The molecule has 0 atom stereocenters. The van der Waals surface area contributed by atoms with Gasteiger partial charge in [0.2, 0.25) is 0 Å². The molecule has 0 amide bonds. The Morgan fingerprint density at radius 3 is 2.73 bits per heavy atom. The summed E-state index contributed by atoms with van der Waals surface area (Å²) in [6.07, 6.45) is 5.03. The zero-order valence-electron chi connectivity index (χ0n) is 11.2. The molecule has 0 bridgehead atoms. The van der Waals surface area contributed by atoms with Gasteiger partial charge in [0.15, 0.2) is 5.16 Å². The number of nitrogens with one attached hydrogen (secondary N) is 1. The van der Waals surface area contributed by atoms with Crippen molar-refractivity contribution in [3.63, 3.8) is 0 Å². The van der Waals surface area contributed by atoms with Crippen molar-refractivity contribution >= 4 is 33.3 Å². The molecule has 1 aromatic carbocycles. The number of fused-ring (bicyclic) bond motifs is 1. The molecule has 22 heavy (non-hydrogen) atoms. The molecule has 3 heterocycles. The Kier molecular flexibility index (Phi) is 3.36. The molecule has 7 heteroatoms. The number of imidazole rings is 1. The first kappa shape index (κ1) is 13.4. The van der Waals surface area contributed by atoms with Gasteiger partial charge in [-0.2, -0.15) is 0 Å². The number of aromatic nitrogens is 4. The highest BCUT2D eigenvalue weighted by Gasteiger charge is 2.12. The molecule has 0 unspecified atom stereocenters. The summed E-state index contributed by atoms with van der Waals surface area (Å²) in [7, 11) is 0. The Morgan fingerprint density at radius 2 is 1.95 bits per heavy atom. The summed E-state index contributed by atoms with van der Waals surface area (Å²) in [4.78, 5) is 17.0. The van der Waals surface area contributed by atoms with Crippen LogP contribution in [0.4, 0.5) is 4.39 Å². The number of halogens is 1. The van der Waals surface area contributed by atoms with Gasteiger partial charge in [0.25, 0.3) is 0 Å². The lowest BCUT2D eigenvalue weighted by Gasteiger charge is -1.98. The van der Waals surface area contributed by atoms with Gasteiger partial charge < -0.3 is 4.98 Å². The minimum atomic E-state index is -0.237. The van der Waals surface area contributed by atoms with E-state index in [1.54, 1.807) is 42.2 Å². The Labute approximate surface area is 133 Å². The van der Waals surface area contributed by atoms with Gasteiger partial charge in [0.1, 0.15) is 17.2 Å². The Morgan fingerprint density at radius 1 is 1.09 bits per heavy atom. The molecule has 0 spiro atoms. The third-order valence-corrected chi connectivity index (χ3v) is 5.30. The maximum absolute atomic E-state index is 13.0. The van der Waals surface area contributed by atoms with Crippen LogP contribution in [0.15, 0.2) is 59.2 Å². The molecule has 0 radical (unpaired) electrons. The average Bonchev–Trinajstić information content (AvgIpc) is 3.17. The molecule has 4 aromatic rings. The van der Waals surface area contributed by atoms with Crippen LogP contribution < -0.4 is 0 Å². The molecule has 0 fully saturated rings. The number of benzene rings is 1. The molecule has 0 aliphatic carbocycles. The van der Waals surface area contributed by atoms with Gasteiger partial charge in [-0.15, -0.1) is 11.3 Å². The second-order valence-electron chi connectivity index (χ2n) is 4.51. The minimum absolute atomic E-state index is 0.237. The molecular formula is C15H9FN4S2. The Bertz CT molecular complexity index is 917. The van der Waals surface area contributed by atoms with Crippen molar-refractivity contribution in [2.24, 2.45) is 0 Å². The largest absolute Gasteiger partial charge is 0.339 e. The van der Waals surface area contributed by atoms with Crippen molar-refractivity contribution in [1.82, 2.24) is 19.9 Å². The van der Waals surface area contributed by atoms with E-state index in [1.165, 1.54) is 23.9 Å². The highest BCUT2D eigenvalue weighted by atomic mass is 32.2. The van der Waals surface area contributed by atoms with E-state index in [0.717, 1.165) is 30.8 Å². The lowest BCUT2D eigenvalue weighted by atomic mass is 10.2. The maximum atomic E-state index is 13.0. The van der Waals surface area contributed by atoms with E-state index in [2.05, 4.69) is 19.9 Å². The van der Waals surface area contributed by atoms with Crippen molar-refractivity contribution in [1.29, 1.82) is 0 Å². The molecule has 0 saturated carbocycles. The van der Waals surface area contributed by atoms with Gasteiger partial charge in [-0.05, 0) is 35.5 Å². The van der Waals surface area contributed by atoms with E-state index in [-0.39, 0.29) is 5.82 Å². The van der Waals surface area contributed by atoms with Crippen molar-refractivity contribution in [3.8, 4) is 10.4 Å². The van der Waals surface area contributed by atoms with E-state index < -0.39 is 0 Å². The molecular weight excluding hydrogens is 319 g/mol. The van der Waals surface area contributed by atoms with E-state index >= 15 is 0 Å². The summed E-state index contributed by atoms with van der Waals surface area (Å²) in [5.41, 5.74) is 1.85. The fourth-order valence-corrected chi connectivity index (χ4v) is 4.03. The van der Waals surface area contributed by atoms with Crippen LogP contribution in [0.1, 0.15) is 0 Å². The Hall–Kier alpha value is -2.25. The van der Waals surface area contributed by atoms with Gasteiger partial charge in [-0.1, -0.05) is 12.1 Å². The predicted molar refractivity (Wildman–Crippen MR) is 85.5 cm³/mol. The second-order valence-corrected chi connectivity index (χ2v) is 6.54. The van der Waals surface area contributed by atoms with Crippen LogP contribution in [-0.4, -0.2) is 19.9 Å². The maximum Gasteiger partial charge on any atom is 0.171 e. The number of H-pyrrole nitrogens is 1. The molecule has 108 valence electrons. The average molecular weight is 328 g/mol. The summed E-state index contributed by atoms with van der Waals surface area (Å²) in [6.45, 7) is 0. The SMILES string of the molecule is Fc1ccc(-c2cc3ncnc(Sc4ncc[nH]4)c3s2)cc1. The second kappa shape index (κ2) is 5.51. The fraction of sp³-hybridized carbons (Fsp3) is 0. The number of thiophene rings is 1. The highest BCUT2D eigenvalue weighted by Crippen LogP contribution is 2.38. The van der Waals surface area contributed by atoms with Crippen LogP contribution in [0.25, 0.3) is 20.7 Å². The number of nitrogens with zero attached hydrogens (tertiary/aromatic N) is 3. The molecule has 0 aliphatic rings. The fourth-order valence-electron chi connectivity index (χ4n) is 2.06. The molecule has 1 N–H and O–H groups in total. The van der Waals surface area contributed by atoms with Gasteiger partial charge in [-0.3, -0.25) is 0 Å². The minimum Gasteiger partial charge on any atom is -0.339 e. The van der Waals surface area contributed by atoms with Crippen molar-refractivity contribution in [2.45, 2.75) is 10.2 Å². The summed E-state index contributed by atoms with van der Waals surface area (Å²) in [5.74, 6) is -0.237. The molecule has 0 saturated heterocycles. The zero-order valence-corrected chi connectivity index (χ0v) is 12.8. The summed E-state index contributed by atoms with van der Waals surface area (Å²) >= 11 is 3.06. The number of rotatable bonds is 3. The summed E-state index contributed by atoms with van der Waals surface area (Å²) < 4.78 is 14.1. The first-order valence-corrected chi connectivity index (χ1v) is 8.10. The number of hydrogen-bond acceptors (Lipinski definition) is 5. The predicted octanol–water partition coefficient (Wildman–Crippen LogP) is 4.37. The van der Waals surface area contributed by atoms with E-state index in [9.17, 15) is 4.39 Å². The van der Waals surface area contributed by atoms with Gasteiger partial charge in [-0.25, -0.2) is 19.3 Å². The van der Waals surface area contributed by atoms with Crippen LogP contribution in [0.5, 0.6) is 0 Å². The van der Waals surface area contributed by atoms with Crippen molar-refractivity contribution in [3.05, 3.63) is 54.9 Å². The van der Waals surface area contributed by atoms with Gasteiger partial charge in [0, 0.05) is 17.3 Å². The summed E-state index contributed by atoms with van der Waals surface area (Å²) in [5, 5.41) is 1.65. The van der Waals surface area contributed by atoms with E-state index in [1.807, 2.05) is 6.07 Å². The lowest BCUT2D eigenvalue weighted by Crippen LogP contribution is -1.83. The van der Waals surface area contributed by atoms with Crippen LogP contribution >= 0.6 is 23.1 Å². The quantitative estimate of drug-likeness (QED) is 0.567. The highest BCUT2D eigenvalue weighted by molar-refractivity contribution is 7.99. The molecule has 0 aliphatic heterocycles. The normalized spacial score (nSPS) is 11.1. The number of hydrogen-bond donors (Lipinski definition) is 1. The van der Waals surface area contributed by atoms with Crippen LogP contribution in [-0.2, 0) is 0 Å². The third-order valence-electron chi connectivity index (χ3n) is 3.07. The summed E-state index contributed by atoms with van der Waals surface area (Å²) in [6, 6.07) is 8.47. The Balaban J connectivity index is 1.78. The van der Waals surface area contributed by atoms with Crippen molar-refractivity contribution in [2.75, 3.05) is 0 Å². The molecule has 4 nitrogen and oxygen atoms in total. The third kappa shape index (κ3) is 2.49. The van der Waals surface area contributed by atoms with Crippen LogP contribution in [0, 0.1) is 5.82 Å². The smallest absolute Gasteiger partial charge is 0.171 e. The van der Waals surface area contributed by atoms with Crippen LogP contribution in [0.3, 0.4) is 0 Å².